The van der Waals surface area contributed by atoms with Gasteiger partial charge in [0, 0.05) is 5.75 Å². The summed E-state index contributed by atoms with van der Waals surface area (Å²) in [4.78, 5) is 1.36. The summed E-state index contributed by atoms with van der Waals surface area (Å²) in [6, 6.07) is 0. The molecule has 0 amide bonds. The predicted octanol–water partition coefficient (Wildman–Crippen LogP) is 3.48. The molecule has 0 fully saturated rings. The van der Waals surface area contributed by atoms with E-state index in [1.54, 1.807) is 23.8 Å². The second kappa shape index (κ2) is 7.01. The monoisotopic (exact) mass is 344 g/mol. The van der Waals surface area contributed by atoms with Crippen molar-refractivity contribution in [2.75, 3.05) is 12.4 Å². The van der Waals surface area contributed by atoms with Gasteiger partial charge in [-0.1, -0.05) is 23.2 Å². The van der Waals surface area contributed by atoms with E-state index < -0.39 is 5.69 Å². The van der Waals surface area contributed by atoms with Gasteiger partial charge in [-0.15, -0.1) is 5.10 Å². The smallest absolute Gasteiger partial charge is 0.321 e. The topological polar surface area (TPSA) is 36.3 Å². The molecule has 1 aromatic rings. The molecule has 1 aromatic heterocycles. The average molecular weight is 345 g/mol. The maximum Gasteiger partial charge on any atom is 0.321 e. The van der Waals surface area contributed by atoms with Crippen molar-refractivity contribution < 1.29 is 9.15 Å². The van der Waals surface area contributed by atoms with E-state index in [2.05, 4.69) is 28.0 Å². The molecule has 0 aliphatic carbocycles. The van der Waals surface area contributed by atoms with E-state index in [0.29, 0.717) is 6.61 Å². The van der Waals surface area contributed by atoms with Crippen molar-refractivity contribution in [3.8, 4) is 0 Å². The quantitative estimate of drug-likeness (QED) is 0.707. The number of hydrogen-bond acceptors (Lipinski definition) is 5. The van der Waals surface area contributed by atoms with Crippen LogP contribution in [0.1, 0.15) is 20.3 Å². The van der Waals surface area contributed by atoms with Gasteiger partial charge in [0.25, 0.3) is 0 Å². The van der Waals surface area contributed by atoms with E-state index in [0.717, 1.165) is 16.6 Å². The third-order valence-corrected chi connectivity index (χ3v) is 7.19. The lowest BCUT2D eigenvalue weighted by Gasteiger charge is -2.19. The molecule has 1 atom stereocenters. The molecule has 92 valence electrons. The van der Waals surface area contributed by atoms with E-state index in [1.165, 1.54) is 4.85 Å². The number of halogens is 1. The molecular weight excluding hydrogens is 331 g/mol. The van der Waals surface area contributed by atoms with E-state index >= 15 is 0 Å². The van der Waals surface area contributed by atoms with Gasteiger partial charge in [-0.25, -0.2) is 0 Å². The van der Waals surface area contributed by atoms with Crippen LogP contribution in [0.5, 0.6) is 0 Å². The van der Waals surface area contributed by atoms with Crippen LogP contribution in [-0.2, 0) is 16.3 Å². The van der Waals surface area contributed by atoms with Gasteiger partial charge in [0.05, 0.1) is 23.5 Å². The molecule has 16 heavy (non-hydrogen) atoms. The molecule has 0 bridgehead atoms. The second-order valence-electron chi connectivity index (χ2n) is 2.84. The molecule has 0 aromatic carbocycles. The Bertz CT molecular complexity index is 375. The summed E-state index contributed by atoms with van der Waals surface area (Å²) in [5.74, 6) is 0.930. The summed E-state index contributed by atoms with van der Waals surface area (Å²) in [5, 5.41) is 4.01. The normalized spacial score (nSPS) is 14.7. The van der Waals surface area contributed by atoms with Crippen LogP contribution in [0, 0.1) is 0 Å². The average Bonchev–Trinajstić information content (AvgIpc) is 2.61. The maximum absolute atomic E-state index is 5.61. The fourth-order valence-corrected chi connectivity index (χ4v) is 5.63. The molecule has 0 N–H and O–H groups in total. The van der Waals surface area contributed by atoms with E-state index in [-0.39, 0.29) is 0 Å². The molecule has 1 unspecified atom stereocenters. The number of hydrogen-bond donors (Lipinski definition) is 0. The van der Waals surface area contributed by atoms with Gasteiger partial charge in [-0.05, 0) is 41.1 Å². The molecule has 0 saturated heterocycles. The van der Waals surface area contributed by atoms with Gasteiger partial charge < -0.3 is 9.15 Å². The Balaban J connectivity index is 2.66. The fraction of sp³-hybridized carbons (Fsp3) is 0.625. The molecule has 8 heteroatoms. The van der Waals surface area contributed by atoms with Crippen molar-refractivity contribution in [3.63, 3.8) is 0 Å². The zero-order chi connectivity index (χ0) is 12.0. The molecule has 0 spiro atoms. The molecule has 0 saturated carbocycles. The Hall–Kier alpha value is 0.450. The van der Waals surface area contributed by atoms with Gasteiger partial charge in [0.1, 0.15) is 0 Å². The molecule has 1 heterocycles. The lowest BCUT2D eigenvalue weighted by molar-refractivity contribution is 0.214. The van der Waals surface area contributed by atoms with Crippen molar-refractivity contribution in [2.45, 2.75) is 20.3 Å². The summed E-state index contributed by atoms with van der Waals surface area (Å²) < 4.78 is 12.0. The zero-order valence-corrected chi connectivity index (χ0v) is 13.2. The number of aromatic nitrogens is 2. The van der Waals surface area contributed by atoms with E-state index in [4.69, 9.17) is 21.0 Å². The first-order chi connectivity index (χ1) is 7.59. The van der Waals surface area contributed by atoms with E-state index in [9.17, 15) is 0 Å². The number of nitrogens with zero attached hydrogens (tertiary/aromatic N) is 2. The molecule has 0 aliphatic rings. The minimum absolute atomic E-state index is 0.552. The first-order valence-electron chi connectivity index (χ1n) is 4.89. The summed E-state index contributed by atoms with van der Waals surface area (Å²) >= 11 is 10.3. The molecule has 0 aliphatic heterocycles. The van der Waals surface area contributed by atoms with Crippen LogP contribution in [0.4, 0.5) is 0 Å². The van der Waals surface area contributed by atoms with Gasteiger partial charge in [0.2, 0.25) is 0 Å². The Morgan fingerprint density at radius 2 is 2.38 bits per heavy atom. The van der Waals surface area contributed by atoms with Gasteiger partial charge in [0.15, 0.2) is 0 Å². The Morgan fingerprint density at radius 3 is 2.88 bits per heavy atom. The first kappa shape index (κ1) is 14.5. The van der Waals surface area contributed by atoms with Crippen molar-refractivity contribution in [1.82, 2.24) is 9.94 Å². The zero-order valence-electron chi connectivity index (χ0n) is 9.13. The summed E-state index contributed by atoms with van der Waals surface area (Å²) in [6.45, 7) is 4.56. The van der Waals surface area contributed by atoms with Crippen molar-refractivity contribution in [3.05, 3.63) is 16.9 Å². The highest BCUT2D eigenvalue weighted by molar-refractivity contribution is 9.10. The van der Waals surface area contributed by atoms with Gasteiger partial charge in [-0.3, -0.25) is 0 Å². The molecule has 4 nitrogen and oxygen atoms in total. The minimum Gasteiger partial charge on any atom is -0.331 e. The summed E-state index contributed by atoms with van der Waals surface area (Å²) in [7, 11) is 0. The first-order valence-corrected chi connectivity index (χ1v) is 9.91. The third-order valence-electron chi connectivity index (χ3n) is 1.45. The Labute approximate surface area is 113 Å². The second-order valence-corrected chi connectivity index (χ2v) is 10.1. The van der Waals surface area contributed by atoms with Crippen LogP contribution in [0.25, 0.3) is 0 Å². The maximum atomic E-state index is 5.61. The van der Waals surface area contributed by atoms with Crippen LogP contribution in [0.15, 0.2) is 16.9 Å². The summed E-state index contributed by atoms with van der Waals surface area (Å²) in [6.07, 6.45) is 4.41. The SMILES string of the molecule is CCCSP(=S)(OCC)On1cc(Br)cn1. The van der Waals surface area contributed by atoms with E-state index in [1.807, 2.05) is 6.92 Å². The minimum atomic E-state index is -2.31. The Kier molecular flexibility index (Phi) is 6.36. The van der Waals surface area contributed by atoms with Crippen LogP contribution in [-0.4, -0.2) is 22.3 Å². The largest absolute Gasteiger partial charge is 0.331 e. The van der Waals surface area contributed by atoms with Crippen LogP contribution in [0.3, 0.4) is 0 Å². The highest BCUT2D eigenvalue weighted by atomic mass is 79.9. The molecular formula is C8H14BrN2O2PS2. The Morgan fingerprint density at radius 1 is 1.62 bits per heavy atom. The van der Waals surface area contributed by atoms with Gasteiger partial charge >= 0.3 is 5.69 Å². The standard InChI is InChI=1S/C8H14BrN2O2PS2/c1-3-5-16-14(15,12-4-2)13-11-7-8(9)6-10-11/h6-7H,3-5H2,1-2H3. The molecule has 1 rings (SSSR count). The number of rotatable bonds is 7. The lowest BCUT2D eigenvalue weighted by atomic mass is 10.6. The molecule has 0 radical (unpaired) electrons. The lowest BCUT2D eigenvalue weighted by Crippen LogP contribution is -2.09. The van der Waals surface area contributed by atoms with Crippen LogP contribution >= 0.6 is 33.0 Å². The predicted molar refractivity (Wildman–Crippen MR) is 75.2 cm³/mol. The van der Waals surface area contributed by atoms with Crippen molar-refractivity contribution in [2.24, 2.45) is 0 Å². The van der Waals surface area contributed by atoms with Crippen LogP contribution in [0.2, 0.25) is 0 Å². The van der Waals surface area contributed by atoms with Crippen molar-refractivity contribution in [1.29, 1.82) is 0 Å². The van der Waals surface area contributed by atoms with Crippen molar-refractivity contribution >= 4 is 44.8 Å². The fourth-order valence-electron chi connectivity index (χ4n) is 0.877. The highest BCUT2D eigenvalue weighted by Gasteiger charge is 2.21. The van der Waals surface area contributed by atoms with Crippen LogP contribution < -0.4 is 4.62 Å². The van der Waals surface area contributed by atoms with Gasteiger partial charge in [-0.2, -0.15) is 0 Å². The highest BCUT2D eigenvalue weighted by Crippen LogP contribution is 2.58. The third kappa shape index (κ3) is 4.75. The summed E-state index contributed by atoms with van der Waals surface area (Å²) in [5.41, 5.74) is -2.31.